The number of hydrogen-bond acceptors (Lipinski definition) is 5. The van der Waals surface area contributed by atoms with Crippen LogP contribution in [-0.4, -0.2) is 82.6 Å². The summed E-state index contributed by atoms with van der Waals surface area (Å²) in [5, 5.41) is 0. The van der Waals surface area contributed by atoms with Crippen molar-refractivity contribution in [3.8, 4) is 23.7 Å². The number of unbranched alkanes of at least 4 members (excludes halogenated alkanes) is 2. The number of amides is 1. The van der Waals surface area contributed by atoms with Crippen LogP contribution < -0.4 is 0 Å². The molecule has 1 atom stereocenters. The van der Waals surface area contributed by atoms with Crippen LogP contribution in [0.25, 0.3) is 0 Å². The fourth-order valence-corrected chi connectivity index (χ4v) is 10.6. The van der Waals surface area contributed by atoms with Gasteiger partial charge in [-0.05, 0) is 157 Å². The van der Waals surface area contributed by atoms with Gasteiger partial charge in [0.15, 0.2) is 0 Å². The number of piperidine rings is 1. The zero-order valence-electron chi connectivity index (χ0n) is 45.2. The van der Waals surface area contributed by atoms with Crippen LogP contribution in [0.4, 0.5) is 0 Å². The van der Waals surface area contributed by atoms with Gasteiger partial charge in [-0.15, -0.1) is 0 Å². The van der Waals surface area contributed by atoms with Crippen LogP contribution in [0.1, 0.15) is 192 Å². The van der Waals surface area contributed by atoms with E-state index in [4.69, 9.17) is 0 Å². The largest absolute Gasteiger partial charge is 0.335 e. The Morgan fingerprint density at radius 3 is 1.77 bits per heavy atom. The van der Waals surface area contributed by atoms with E-state index >= 15 is 0 Å². The van der Waals surface area contributed by atoms with Crippen molar-refractivity contribution in [2.75, 3.05) is 39.3 Å². The Hall–Kier alpha value is -4.20. The van der Waals surface area contributed by atoms with Gasteiger partial charge in [-0.1, -0.05) is 152 Å². The Labute approximate surface area is 428 Å². The molecule has 2 aliphatic carbocycles. The Balaban J connectivity index is 0.000000261. The van der Waals surface area contributed by atoms with Crippen molar-refractivity contribution in [2.45, 2.75) is 196 Å². The lowest BCUT2D eigenvalue weighted by Gasteiger charge is -2.39. The van der Waals surface area contributed by atoms with Gasteiger partial charge in [-0.25, -0.2) is 0 Å². The van der Waals surface area contributed by atoms with E-state index in [1.54, 1.807) is 0 Å². The van der Waals surface area contributed by atoms with Gasteiger partial charge in [0.2, 0.25) is 5.91 Å². The minimum Gasteiger partial charge on any atom is -0.335 e. The number of Topliss-reactive ketones (excluding diaryl/α,β-unsaturated/α-hetero) is 1. The summed E-state index contributed by atoms with van der Waals surface area (Å²) < 4.78 is 0. The monoisotopic (exact) mass is 951 g/mol. The van der Waals surface area contributed by atoms with Crippen LogP contribution in [0.3, 0.4) is 0 Å². The summed E-state index contributed by atoms with van der Waals surface area (Å²) in [5.41, 5.74) is 5.99. The van der Waals surface area contributed by atoms with Crippen molar-refractivity contribution in [2.24, 2.45) is 23.7 Å². The van der Waals surface area contributed by atoms with Gasteiger partial charge >= 0.3 is 0 Å². The second-order valence-electron chi connectivity index (χ2n) is 21.7. The normalized spacial score (nSPS) is 18.3. The highest BCUT2D eigenvalue weighted by molar-refractivity contribution is 5.83. The van der Waals surface area contributed by atoms with Crippen LogP contribution in [0.5, 0.6) is 0 Å². The summed E-state index contributed by atoms with van der Waals surface area (Å²) in [6.07, 6.45) is 20.4. The van der Waals surface area contributed by atoms with E-state index in [2.05, 4.69) is 171 Å². The van der Waals surface area contributed by atoms with E-state index < -0.39 is 0 Å². The molecular formula is C64H94N4O2. The summed E-state index contributed by atoms with van der Waals surface area (Å²) in [6.45, 7) is 24.4. The smallest absolute Gasteiger partial charge is 0.226 e. The van der Waals surface area contributed by atoms with Crippen molar-refractivity contribution in [3.05, 3.63) is 107 Å². The first-order chi connectivity index (χ1) is 34.0. The minimum atomic E-state index is 0.192. The highest BCUT2D eigenvalue weighted by atomic mass is 16.2. The number of rotatable bonds is 22. The quantitative estimate of drug-likeness (QED) is 0.0939. The number of nitrogens with zero attached hydrogens (tertiary/aromatic N) is 4. The van der Waals surface area contributed by atoms with Gasteiger partial charge in [0.05, 0.1) is 6.54 Å². The van der Waals surface area contributed by atoms with E-state index in [-0.39, 0.29) is 17.9 Å². The number of carbonyl (C=O) groups is 2. The van der Waals surface area contributed by atoms with Crippen molar-refractivity contribution in [1.29, 1.82) is 0 Å². The molecule has 3 aromatic carbocycles. The van der Waals surface area contributed by atoms with E-state index in [1.807, 2.05) is 0 Å². The molecule has 6 nitrogen and oxygen atoms in total. The van der Waals surface area contributed by atoms with Crippen molar-refractivity contribution < 1.29 is 9.59 Å². The first-order valence-corrected chi connectivity index (χ1v) is 28.3. The molecule has 0 aromatic heterocycles. The molecule has 6 heteroatoms. The number of hydrogen-bond donors (Lipinski definition) is 0. The van der Waals surface area contributed by atoms with Crippen molar-refractivity contribution in [1.82, 2.24) is 19.6 Å². The molecule has 6 rings (SSSR count). The lowest BCUT2D eigenvalue weighted by atomic mass is 9.80. The Kier molecular flexibility index (Phi) is 25.9. The third-order valence-corrected chi connectivity index (χ3v) is 15.4. The lowest BCUT2D eigenvalue weighted by Crippen LogP contribution is -2.47. The Morgan fingerprint density at radius 2 is 1.21 bits per heavy atom. The maximum Gasteiger partial charge on any atom is 0.226 e. The molecule has 1 saturated heterocycles. The number of carbonyl (C=O) groups excluding carboxylic acids is 2. The van der Waals surface area contributed by atoms with Gasteiger partial charge in [-0.3, -0.25) is 19.4 Å². The fraction of sp³-hybridized carbons (Fsp3) is 0.625. The first-order valence-electron chi connectivity index (χ1n) is 28.3. The van der Waals surface area contributed by atoms with E-state index in [0.29, 0.717) is 30.8 Å². The van der Waals surface area contributed by atoms with Gasteiger partial charge in [0.1, 0.15) is 5.78 Å². The zero-order chi connectivity index (χ0) is 49.9. The highest BCUT2D eigenvalue weighted by Gasteiger charge is 2.31. The standard InChI is InChI=1S/C32H50N2O.C32H44N2O/c1-5-6-7-10-28-13-15-29(16-14-28)24-34(25-32(35)30-17-11-27(4)12-18-30)31-19-22-33(23-20-31)21-8-9-26(2)3;1-4-6-9-14-28-19-21-30(22-20-28)26-34(32(35)31-17-12-8-13-18-31)27(3)23-24-33(5-2)25-29-15-10-7-11-16-29/h13-16,26-27,30-31H,5-6,8-9,11-12,17-25H2,1-4H3;7,10-11,15-16,19-22,27,31H,4-6,8,12-13,17-18,23-26H2,1-3H3. The third-order valence-electron chi connectivity index (χ3n) is 15.4. The van der Waals surface area contributed by atoms with Crippen LogP contribution in [0.2, 0.25) is 0 Å². The number of ketones is 1. The topological polar surface area (TPSA) is 47.1 Å². The van der Waals surface area contributed by atoms with Gasteiger partial charge < -0.3 is 9.80 Å². The second-order valence-corrected chi connectivity index (χ2v) is 21.7. The van der Waals surface area contributed by atoms with Crippen LogP contribution in [0.15, 0.2) is 78.9 Å². The Bertz CT molecular complexity index is 2030. The summed E-state index contributed by atoms with van der Waals surface area (Å²) in [5.74, 6) is 15.9. The van der Waals surface area contributed by atoms with Crippen molar-refractivity contribution >= 4 is 11.7 Å². The van der Waals surface area contributed by atoms with E-state index in [1.165, 1.54) is 94.1 Å². The summed E-state index contributed by atoms with van der Waals surface area (Å²) >= 11 is 0. The average molecular weight is 951 g/mol. The lowest BCUT2D eigenvalue weighted by molar-refractivity contribution is -0.139. The average Bonchev–Trinajstić information content (AvgIpc) is 3.38. The SMILES string of the molecule is CCCC#Cc1ccc(CN(C(=O)C2CCCCC2)C(C)CCN(CC)Cc2ccccc2)cc1.CCCC#Cc1ccc(CN(CC(=O)C2CCC(C)CC2)C2CCN(CCCC(C)C)CC2)cc1. The maximum absolute atomic E-state index is 13.7. The summed E-state index contributed by atoms with van der Waals surface area (Å²) in [7, 11) is 0. The molecule has 1 heterocycles. The fourth-order valence-electron chi connectivity index (χ4n) is 10.6. The molecule has 2 saturated carbocycles. The zero-order valence-corrected chi connectivity index (χ0v) is 45.2. The third kappa shape index (κ3) is 20.5. The summed E-state index contributed by atoms with van der Waals surface area (Å²) in [6, 6.07) is 28.6. The molecule has 0 N–H and O–H groups in total. The van der Waals surface area contributed by atoms with Crippen molar-refractivity contribution in [3.63, 3.8) is 0 Å². The predicted octanol–water partition coefficient (Wildman–Crippen LogP) is 14.0. The van der Waals surface area contributed by atoms with Gasteiger partial charge in [0.25, 0.3) is 0 Å². The van der Waals surface area contributed by atoms with Gasteiger partial charge in [-0.2, -0.15) is 0 Å². The second kappa shape index (κ2) is 32.0. The molecule has 382 valence electrons. The van der Waals surface area contributed by atoms with Crippen LogP contribution >= 0.6 is 0 Å². The Morgan fingerprint density at radius 1 is 0.643 bits per heavy atom. The molecule has 1 unspecified atom stereocenters. The number of likely N-dealkylation sites (tertiary alicyclic amines) is 1. The molecule has 0 radical (unpaired) electrons. The first kappa shape index (κ1) is 56.7. The molecule has 0 bridgehead atoms. The predicted molar refractivity (Wildman–Crippen MR) is 295 cm³/mol. The maximum atomic E-state index is 13.7. The highest BCUT2D eigenvalue weighted by Crippen LogP contribution is 2.31. The van der Waals surface area contributed by atoms with Gasteiger partial charge in [0, 0.05) is 74.1 Å². The molecule has 3 aliphatic rings. The molecule has 1 amide bonds. The summed E-state index contributed by atoms with van der Waals surface area (Å²) in [4.78, 5) is 36.8. The van der Waals surface area contributed by atoms with E-state index in [0.717, 1.165) is 107 Å². The molecule has 70 heavy (non-hydrogen) atoms. The molecule has 0 spiro atoms. The molecular weight excluding hydrogens is 857 g/mol. The molecule has 3 fully saturated rings. The molecule has 1 aliphatic heterocycles. The molecule has 3 aromatic rings. The van der Waals surface area contributed by atoms with E-state index in [9.17, 15) is 9.59 Å². The number of benzene rings is 3. The van der Waals surface area contributed by atoms with Crippen LogP contribution in [0, 0.1) is 47.4 Å². The van der Waals surface area contributed by atoms with Crippen LogP contribution in [-0.2, 0) is 29.2 Å². The minimum absolute atomic E-state index is 0.192.